The Kier molecular flexibility index (Phi) is 9.72. The van der Waals surface area contributed by atoms with Crippen LogP contribution < -0.4 is 0 Å². The highest BCUT2D eigenvalue weighted by Gasteiger charge is 2.25. The zero-order valence-corrected chi connectivity index (χ0v) is 23.6. The molecule has 38 heavy (non-hydrogen) atoms. The summed E-state index contributed by atoms with van der Waals surface area (Å²) in [4.78, 5) is 34.5. The molecule has 7 heteroatoms. The van der Waals surface area contributed by atoms with Gasteiger partial charge in [-0.3, -0.25) is 14.5 Å². The van der Waals surface area contributed by atoms with E-state index in [1.165, 1.54) is 5.56 Å². The summed E-state index contributed by atoms with van der Waals surface area (Å²) in [5, 5.41) is 2.03. The molecule has 0 bridgehead atoms. The molecule has 2 amide bonds. The third-order valence-electron chi connectivity index (χ3n) is 6.90. The van der Waals surface area contributed by atoms with E-state index < -0.39 is 0 Å². The van der Waals surface area contributed by atoms with E-state index in [1.807, 2.05) is 77.0 Å². The topological polar surface area (TPSA) is 53.1 Å². The molecule has 1 aliphatic rings. The van der Waals surface area contributed by atoms with Gasteiger partial charge in [-0.25, -0.2) is 0 Å². The van der Waals surface area contributed by atoms with Gasteiger partial charge >= 0.3 is 0 Å². The minimum absolute atomic E-state index is 0.00724. The van der Waals surface area contributed by atoms with Crippen LogP contribution in [0, 0.1) is 0 Å². The number of hydrogen-bond acceptors (Lipinski definition) is 5. The first-order valence-corrected chi connectivity index (χ1v) is 14.2. The Bertz CT molecular complexity index is 1150. The monoisotopic (exact) mass is 533 g/mol. The predicted octanol–water partition coefficient (Wildman–Crippen LogP) is 5.05. The van der Waals surface area contributed by atoms with Crippen molar-refractivity contribution in [1.82, 2.24) is 14.7 Å². The maximum absolute atomic E-state index is 13.8. The van der Waals surface area contributed by atoms with Crippen LogP contribution in [0.3, 0.4) is 0 Å². The van der Waals surface area contributed by atoms with Crippen molar-refractivity contribution in [2.75, 3.05) is 45.9 Å². The number of carbonyl (C=O) groups is 2. The second-order valence-corrected chi connectivity index (χ2v) is 11.9. The SMILES string of the molecule is CC(C)(C)c1ccc(C(=O)N(CCN2CCOCC2)CC(=O)N(Cc2ccccc2)Cc2cccs2)cc1. The van der Waals surface area contributed by atoms with Gasteiger partial charge in [-0.15, -0.1) is 11.3 Å². The van der Waals surface area contributed by atoms with Crippen molar-refractivity contribution in [1.29, 1.82) is 0 Å². The lowest BCUT2D eigenvalue weighted by molar-refractivity contribution is -0.133. The van der Waals surface area contributed by atoms with E-state index in [4.69, 9.17) is 4.74 Å². The van der Waals surface area contributed by atoms with Crippen molar-refractivity contribution in [2.24, 2.45) is 0 Å². The summed E-state index contributed by atoms with van der Waals surface area (Å²) >= 11 is 1.64. The Morgan fingerprint density at radius 3 is 2.24 bits per heavy atom. The van der Waals surface area contributed by atoms with Crippen LogP contribution in [0.2, 0.25) is 0 Å². The van der Waals surface area contributed by atoms with Gasteiger partial charge in [0.25, 0.3) is 5.91 Å². The number of benzene rings is 2. The van der Waals surface area contributed by atoms with Gasteiger partial charge in [-0.1, -0.05) is 69.3 Å². The third-order valence-corrected chi connectivity index (χ3v) is 7.76. The average Bonchev–Trinajstić information content (AvgIpc) is 3.44. The molecule has 3 aromatic rings. The van der Waals surface area contributed by atoms with Gasteiger partial charge in [0.1, 0.15) is 6.54 Å². The molecule has 0 saturated carbocycles. The van der Waals surface area contributed by atoms with Gasteiger partial charge in [0.15, 0.2) is 0 Å². The van der Waals surface area contributed by atoms with Crippen molar-refractivity contribution in [3.05, 3.63) is 93.7 Å². The van der Waals surface area contributed by atoms with Crippen molar-refractivity contribution in [2.45, 2.75) is 39.3 Å². The average molecular weight is 534 g/mol. The first-order valence-electron chi connectivity index (χ1n) is 13.3. The van der Waals surface area contributed by atoms with Crippen LogP contribution in [-0.2, 0) is 28.0 Å². The minimum Gasteiger partial charge on any atom is -0.379 e. The molecule has 1 aliphatic heterocycles. The number of carbonyl (C=O) groups excluding carboxylic acids is 2. The van der Waals surface area contributed by atoms with Crippen LogP contribution >= 0.6 is 11.3 Å². The summed E-state index contributed by atoms with van der Waals surface area (Å²) in [6, 6.07) is 21.9. The lowest BCUT2D eigenvalue weighted by atomic mass is 9.86. The highest BCUT2D eigenvalue weighted by Crippen LogP contribution is 2.23. The Balaban J connectivity index is 1.53. The molecule has 0 unspecified atom stereocenters. The molecule has 0 aliphatic carbocycles. The molecule has 2 heterocycles. The molecule has 1 aromatic heterocycles. The second kappa shape index (κ2) is 13.2. The maximum Gasteiger partial charge on any atom is 0.254 e. The number of ether oxygens (including phenoxy) is 1. The molecule has 1 fully saturated rings. The smallest absolute Gasteiger partial charge is 0.254 e. The van der Waals surface area contributed by atoms with Crippen molar-refractivity contribution in [3.63, 3.8) is 0 Å². The molecule has 1 saturated heterocycles. The summed E-state index contributed by atoms with van der Waals surface area (Å²) in [5.74, 6) is -0.160. The van der Waals surface area contributed by atoms with E-state index in [-0.39, 0.29) is 23.8 Å². The predicted molar refractivity (Wildman–Crippen MR) is 153 cm³/mol. The fourth-order valence-corrected chi connectivity index (χ4v) is 5.24. The second-order valence-electron chi connectivity index (χ2n) is 10.8. The molecular formula is C31H39N3O3S. The van der Waals surface area contributed by atoms with Crippen molar-refractivity contribution in [3.8, 4) is 0 Å². The number of thiophene rings is 1. The van der Waals surface area contributed by atoms with E-state index in [2.05, 4.69) is 25.7 Å². The molecule has 4 rings (SSSR count). The van der Waals surface area contributed by atoms with E-state index in [0.29, 0.717) is 45.0 Å². The van der Waals surface area contributed by atoms with Crippen LogP contribution in [-0.4, -0.2) is 72.5 Å². The summed E-state index contributed by atoms with van der Waals surface area (Å²) in [6.45, 7) is 11.8. The zero-order valence-electron chi connectivity index (χ0n) is 22.8. The number of amides is 2. The van der Waals surface area contributed by atoms with Gasteiger partial charge in [0, 0.05) is 43.2 Å². The van der Waals surface area contributed by atoms with Gasteiger partial charge in [-0.05, 0) is 40.1 Å². The molecule has 0 spiro atoms. The number of hydrogen-bond donors (Lipinski definition) is 0. The fraction of sp³-hybridized carbons (Fsp3) is 0.419. The largest absolute Gasteiger partial charge is 0.379 e. The van der Waals surface area contributed by atoms with Crippen LogP contribution in [0.15, 0.2) is 72.1 Å². The van der Waals surface area contributed by atoms with Crippen molar-refractivity contribution >= 4 is 23.2 Å². The highest BCUT2D eigenvalue weighted by atomic mass is 32.1. The standard InChI is InChI=1S/C31H39N3O3S/c1-31(2,3)27-13-11-26(12-14-27)30(36)33(16-15-32-17-19-37-20-18-32)24-29(35)34(23-28-10-7-21-38-28)22-25-8-5-4-6-9-25/h4-14,21H,15-20,22-24H2,1-3H3. The van der Waals surface area contributed by atoms with Crippen LogP contribution in [0.25, 0.3) is 0 Å². The Hall–Kier alpha value is -3.00. The maximum atomic E-state index is 13.8. The van der Waals surface area contributed by atoms with Crippen LogP contribution in [0.1, 0.15) is 47.1 Å². The van der Waals surface area contributed by atoms with Gasteiger partial charge in [0.2, 0.25) is 5.91 Å². The minimum atomic E-state index is -0.108. The van der Waals surface area contributed by atoms with Gasteiger partial charge < -0.3 is 14.5 Å². The van der Waals surface area contributed by atoms with Gasteiger partial charge in [-0.2, -0.15) is 0 Å². The summed E-state index contributed by atoms with van der Waals surface area (Å²) < 4.78 is 5.48. The van der Waals surface area contributed by atoms with Crippen LogP contribution in [0.5, 0.6) is 0 Å². The lowest BCUT2D eigenvalue weighted by Gasteiger charge is -2.31. The fourth-order valence-electron chi connectivity index (χ4n) is 4.52. The quantitative estimate of drug-likeness (QED) is 0.366. The van der Waals surface area contributed by atoms with E-state index in [1.54, 1.807) is 16.2 Å². The molecule has 202 valence electrons. The first kappa shape index (κ1) is 28.0. The van der Waals surface area contributed by atoms with E-state index in [0.717, 1.165) is 23.5 Å². The number of morpholine rings is 1. The summed E-state index contributed by atoms with van der Waals surface area (Å²) in [6.07, 6.45) is 0. The van der Waals surface area contributed by atoms with Gasteiger partial charge in [0.05, 0.1) is 19.8 Å². The number of nitrogens with zero attached hydrogens (tertiary/aromatic N) is 3. The third kappa shape index (κ3) is 8.00. The normalized spacial score (nSPS) is 14.3. The number of rotatable bonds is 10. The molecule has 0 radical (unpaired) electrons. The Morgan fingerprint density at radius 1 is 0.895 bits per heavy atom. The Labute approximate surface area is 230 Å². The molecular weight excluding hydrogens is 494 g/mol. The Morgan fingerprint density at radius 2 is 1.61 bits per heavy atom. The molecule has 0 atom stereocenters. The molecule has 2 aromatic carbocycles. The zero-order chi connectivity index (χ0) is 27.0. The first-order chi connectivity index (χ1) is 18.3. The summed E-state index contributed by atoms with van der Waals surface area (Å²) in [7, 11) is 0. The van der Waals surface area contributed by atoms with Crippen molar-refractivity contribution < 1.29 is 14.3 Å². The van der Waals surface area contributed by atoms with E-state index >= 15 is 0 Å². The summed E-state index contributed by atoms with van der Waals surface area (Å²) in [5.41, 5.74) is 2.87. The van der Waals surface area contributed by atoms with Crippen LogP contribution in [0.4, 0.5) is 0 Å². The lowest BCUT2D eigenvalue weighted by Crippen LogP contribution is -2.47. The van der Waals surface area contributed by atoms with E-state index in [9.17, 15) is 9.59 Å². The molecule has 0 N–H and O–H groups in total. The highest BCUT2D eigenvalue weighted by molar-refractivity contribution is 7.09. The molecule has 6 nitrogen and oxygen atoms in total.